The second-order valence-corrected chi connectivity index (χ2v) is 117. The summed E-state index contributed by atoms with van der Waals surface area (Å²) in [6.45, 7) is 101. The molecular formula is C72H132Si14. The number of allylic oxidation sites excluding steroid dienone is 2. The highest BCUT2D eigenvalue weighted by Crippen LogP contribution is 2.58. The molecule has 0 saturated heterocycles. The molecule has 4 heterocycles. The highest BCUT2D eigenvalue weighted by molar-refractivity contribution is 7.25. The molecule has 4 aromatic carbocycles. The molecule has 0 radical (unpaired) electrons. The number of rotatable bonds is 20. The predicted molar refractivity (Wildman–Crippen MR) is 437 cm³/mol. The molecule has 0 fully saturated rings. The van der Waals surface area contributed by atoms with E-state index in [9.17, 15) is 0 Å². The van der Waals surface area contributed by atoms with E-state index in [2.05, 4.69) is 332 Å². The van der Waals surface area contributed by atoms with Crippen molar-refractivity contribution in [3.63, 3.8) is 0 Å². The van der Waals surface area contributed by atoms with E-state index in [1.54, 1.807) is 32.6 Å². The van der Waals surface area contributed by atoms with Gasteiger partial charge in [-0.15, -0.1) is 0 Å². The van der Waals surface area contributed by atoms with Gasteiger partial charge in [0.15, 0.2) is 0 Å². The van der Waals surface area contributed by atoms with Crippen LogP contribution in [0.4, 0.5) is 0 Å². The van der Waals surface area contributed by atoms with Gasteiger partial charge in [0.25, 0.3) is 0 Å². The van der Waals surface area contributed by atoms with Crippen LogP contribution in [0.25, 0.3) is 6.08 Å². The summed E-state index contributed by atoms with van der Waals surface area (Å²) in [5.74, 6) is 0. The maximum absolute atomic E-state index is 3.16. The Balaban J connectivity index is 1.98. The smallest absolute Gasteiger partial charge is 0.0892 e. The Morgan fingerprint density at radius 3 is 0.895 bits per heavy atom. The molecule has 0 N–H and O–H groups in total. The van der Waals surface area contributed by atoms with Gasteiger partial charge in [0.1, 0.15) is 16.1 Å². The Bertz CT molecular complexity index is 3040. The van der Waals surface area contributed by atoms with E-state index >= 15 is 0 Å². The maximum atomic E-state index is 3.16. The molecule has 4 aromatic rings. The lowest BCUT2D eigenvalue weighted by Crippen LogP contribution is -2.84. The van der Waals surface area contributed by atoms with Gasteiger partial charge < -0.3 is 0 Å². The van der Waals surface area contributed by atoms with E-state index in [0.717, 1.165) is 0 Å². The Morgan fingerprint density at radius 2 is 0.581 bits per heavy atom. The average molecular weight is 1390 g/mol. The summed E-state index contributed by atoms with van der Waals surface area (Å²) >= 11 is 0. The van der Waals surface area contributed by atoms with Gasteiger partial charge in [-0.1, -0.05) is 332 Å². The van der Waals surface area contributed by atoms with Gasteiger partial charge in [0.05, 0.1) is 0 Å². The highest BCUT2D eigenvalue weighted by atomic mass is 28.4. The zero-order valence-electron chi connectivity index (χ0n) is 62.9. The van der Waals surface area contributed by atoms with Gasteiger partial charge in [-0.25, -0.2) is 0 Å². The highest BCUT2D eigenvalue weighted by Gasteiger charge is 2.70. The third-order valence-corrected chi connectivity index (χ3v) is 89.8. The fraction of sp³-hybridized carbons (Fsp3) is 0.611. The first-order chi connectivity index (χ1) is 38.3. The lowest BCUT2D eigenvalue weighted by Gasteiger charge is -2.63. The quantitative estimate of drug-likeness (QED) is 0.0774. The van der Waals surface area contributed by atoms with Gasteiger partial charge in [0.2, 0.25) is 0 Å². The Morgan fingerprint density at radius 1 is 0.302 bits per heavy atom. The van der Waals surface area contributed by atoms with Gasteiger partial charge in [0, 0.05) is 102 Å². The number of benzene rings is 4. The van der Waals surface area contributed by atoms with E-state index < -0.39 is 113 Å². The van der Waals surface area contributed by atoms with Crippen molar-refractivity contribution in [1.82, 2.24) is 0 Å². The Hall–Kier alpha value is -0.604. The third-order valence-electron chi connectivity index (χ3n) is 21.2. The first-order valence-corrected chi connectivity index (χ1v) is 81.5. The molecule has 14 heteroatoms. The van der Waals surface area contributed by atoms with E-state index in [4.69, 9.17) is 0 Å². The van der Waals surface area contributed by atoms with Crippen LogP contribution in [0.1, 0.15) is 81.0 Å². The third kappa shape index (κ3) is 13.3. The molecule has 4 aliphatic heterocycles. The molecule has 0 spiro atoms. The fourth-order valence-corrected chi connectivity index (χ4v) is 117. The largest absolute Gasteiger partial charge is 0.146 e. The second kappa shape index (κ2) is 23.1. The molecule has 476 valence electrons. The van der Waals surface area contributed by atoms with Crippen LogP contribution in [0.15, 0.2) is 90.6 Å². The zero-order chi connectivity index (χ0) is 65.9. The maximum Gasteiger partial charge on any atom is 0.146 e. The van der Waals surface area contributed by atoms with Crippen molar-refractivity contribution in [3.05, 3.63) is 135 Å². The summed E-state index contributed by atoms with van der Waals surface area (Å²) in [6, 6.07) is 33.4. The lowest BCUT2D eigenvalue weighted by molar-refractivity contribution is 1.04. The standard InChI is InChI=1S/C72H132Si14/c1-73(2,3)67(74(4,5)6)54-49-57(69(77(13,14)15)78(16,17)18)65(58(50-54)70(79(19,20)21)80(22,23)24)85-48-47-63(56-42-38-40-44-62(56)85)86(61-43-39-37-41-53(61)45-46-64(85)86)66-59(71(81(25,26)27)82(28,29)30)51-55(68(75(7,8)9)76(10,11)12)52-60(66)72(83(31,32)33)84(34,35)36/h37-52,63-64,67-72H,1-36H3. The summed E-state index contributed by atoms with van der Waals surface area (Å²) in [6.07, 6.45) is 8.91. The molecule has 0 amide bonds. The lowest BCUT2D eigenvalue weighted by atomic mass is 10.1. The van der Waals surface area contributed by atoms with Gasteiger partial charge >= 0.3 is 0 Å². The van der Waals surface area contributed by atoms with Crippen molar-refractivity contribution in [3.8, 4) is 0 Å². The van der Waals surface area contributed by atoms with Crippen LogP contribution >= 0.6 is 0 Å². The number of fused-ring (bicyclic) bond motifs is 1. The molecule has 0 aromatic heterocycles. The molecule has 8 rings (SSSR count). The van der Waals surface area contributed by atoms with Crippen molar-refractivity contribution in [2.75, 3.05) is 0 Å². The monoisotopic (exact) mass is 1390 g/mol. The zero-order valence-corrected chi connectivity index (χ0v) is 76.9. The molecule has 0 nitrogen and oxygen atoms in total. The van der Waals surface area contributed by atoms with Crippen LogP contribution in [-0.2, 0) is 0 Å². The summed E-state index contributed by atoms with van der Waals surface area (Å²) in [4.78, 5) is 0. The summed E-state index contributed by atoms with van der Waals surface area (Å²) < 4.78 is 0. The van der Waals surface area contributed by atoms with Gasteiger partial charge in [-0.05, 0) is 101 Å². The molecule has 0 saturated carbocycles. The van der Waals surface area contributed by atoms with Crippen LogP contribution in [0, 0.1) is 0 Å². The SMILES string of the molecule is C[Si](C)(C)C(c1cc(C([Si](C)(C)C)[Si](C)(C)C)c([Si]23C=CC(c4ccccc42)[Si]2(c4c(C([Si](C)(C)C)[Si](C)(C)C)cc(C([Si](C)(C)C)[Si](C)(C)C)cc4C([Si](C)(C)C)[Si](C)(C)C)c4ccccc4C=CC32)c(C([Si](C)(C)C)[Si](C)(C)C)c1)[Si](C)(C)C. The van der Waals surface area contributed by atoms with E-state index in [1.807, 2.05) is 32.6 Å². The molecule has 4 unspecified atom stereocenters. The van der Waals surface area contributed by atoms with Gasteiger partial charge in [-0.2, -0.15) is 0 Å². The van der Waals surface area contributed by atoms with Crippen LogP contribution in [-0.4, -0.2) is 113 Å². The first-order valence-electron chi connectivity index (χ1n) is 34.2. The summed E-state index contributed by atoms with van der Waals surface area (Å²) in [5.41, 5.74) is 18.0. The predicted octanol–water partition coefficient (Wildman–Crippen LogP) is 21.2. The fourth-order valence-electron chi connectivity index (χ4n) is 22.6. The number of hydrogen-bond donors (Lipinski definition) is 0. The minimum absolute atomic E-state index is 0.342. The molecule has 4 aliphatic rings. The van der Waals surface area contributed by atoms with Crippen molar-refractivity contribution >= 4 is 140 Å². The Labute approximate surface area is 547 Å². The van der Waals surface area contributed by atoms with Crippen LogP contribution in [0.2, 0.25) is 241 Å². The number of hydrogen-bond acceptors (Lipinski definition) is 0. The molecular weight excluding hydrogens is 1260 g/mol. The van der Waals surface area contributed by atoms with Crippen LogP contribution in [0.5, 0.6) is 0 Å². The summed E-state index contributed by atoms with van der Waals surface area (Å²) in [7, 11) is -28.6. The van der Waals surface area contributed by atoms with Crippen LogP contribution < -0.4 is 20.7 Å². The average Bonchev–Trinajstić information content (AvgIpc) is 0.651. The van der Waals surface area contributed by atoms with Crippen molar-refractivity contribution < 1.29 is 0 Å². The minimum atomic E-state index is -3.10. The van der Waals surface area contributed by atoms with Gasteiger partial charge in [-0.3, -0.25) is 0 Å². The van der Waals surface area contributed by atoms with Crippen molar-refractivity contribution in [2.24, 2.45) is 0 Å². The molecule has 4 atom stereocenters. The van der Waals surface area contributed by atoms with Crippen molar-refractivity contribution in [1.29, 1.82) is 0 Å². The second-order valence-electron chi connectivity index (χ2n) is 41.7. The normalized spacial score (nSPS) is 21.2. The Kier molecular flexibility index (Phi) is 19.6. The minimum Gasteiger partial charge on any atom is -0.0892 e. The topological polar surface area (TPSA) is 0 Å². The molecule has 86 heavy (non-hydrogen) atoms. The molecule has 2 bridgehead atoms. The van der Waals surface area contributed by atoms with Crippen molar-refractivity contribution in [2.45, 2.75) is 277 Å². The van der Waals surface area contributed by atoms with Crippen LogP contribution in [0.3, 0.4) is 0 Å². The first kappa shape index (κ1) is 72.8. The van der Waals surface area contributed by atoms with E-state index in [0.29, 0.717) is 41.7 Å². The van der Waals surface area contributed by atoms with E-state index in [-0.39, 0.29) is 0 Å². The summed E-state index contributed by atoms with van der Waals surface area (Å²) in [5, 5.41) is 11.8. The van der Waals surface area contributed by atoms with E-state index in [1.165, 1.54) is 0 Å². The molecule has 0 aliphatic carbocycles.